The Balaban J connectivity index is 1.37. The lowest BCUT2D eigenvalue weighted by atomic mass is 9.97. The van der Waals surface area contributed by atoms with Gasteiger partial charge in [-0.1, -0.05) is 30.3 Å². The lowest BCUT2D eigenvalue weighted by Crippen LogP contribution is -2.41. The average Bonchev–Trinajstić information content (AvgIpc) is 2.75. The van der Waals surface area contributed by atoms with Crippen LogP contribution in [0.25, 0.3) is 10.9 Å². The van der Waals surface area contributed by atoms with Crippen LogP contribution in [-0.2, 0) is 20.6 Å². The number of nitrogens with one attached hydrogen (secondary N) is 2. The number of fused-ring (bicyclic) bond motifs is 1. The molecular formula is C21H22N4O4S. The van der Waals surface area contributed by atoms with Gasteiger partial charge in [0, 0.05) is 24.7 Å². The lowest BCUT2D eigenvalue weighted by Gasteiger charge is -2.30. The number of aromatic nitrogens is 2. The number of carbonyl (C=O) groups excluding carboxylic acids is 1. The average molecular weight is 426 g/mol. The van der Waals surface area contributed by atoms with Gasteiger partial charge in [0.05, 0.1) is 23.0 Å². The molecule has 8 nitrogen and oxygen atoms in total. The van der Waals surface area contributed by atoms with Crippen LogP contribution >= 0.6 is 0 Å². The zero-order valence-corrected chi connectivity index (χ0v) is 17.1. The minimum atomic E-state index is -3.42. The van der Waals surface area contributed by atoms with Crippen LogP contribution in [-0.4, -0.2) is 41.7 Å². The number of amides is 1. The van der Waals surface area contributed by atoms with E-state index in [0.29, 0.717) is 42.5 Å². The predicted octanol–water partition coefficient (Wildman–Crippen LogP) is 2.10. The Kier molecular flexibility index (Phi) is 5.65. The summed E-state index contributed by atoms with van der Waals surface area (Å²) in [7, 11) is -3.42. The smallest absolute Gasteiger partial charge is 0.258 e. The van der Waals surface area contributed by atoms with Gasteiger partial charge in [-0.05, 0) is 36.6 Å². The number of hydrogen-bond donors (Lipinski definition) is 2. The third kappa shape index (κ3) is 4.42. The van der Waals surface area contributed by atoms with Crippen LogP contribution in [0.15, 0.2) is 59.7 Å². The van der Waals surface area contributed by atoms with Gasteiger partial charge in [0.15, 0.2) is 0 Å². The molecule has 2 aromatic carbocycles. The second-order valence-corrected chi connectivity index (χ2v) is 9.34. The first-order valence-corrected chi connectivity index (χ1v) is 11.3. The van der Waals surface area contributed by atoms with Crippen molar-refractivity contribution < 1.29 is 13.2 Å². The number of anilines is 1. The largest absolute Gasteiger partial charge is 0.326 e. The van der Waals surface area contributed by atoms with Gasteiger partial charge in [-0.2, -0.15) is 0 Å². The number of nitrogens with zero attached hydrogens (tertiary/aromatic N) is 2. The molecule has 0 bridgehead atoms. The Labute approximate surface area is 174 Å². The number of benzene rings is 2. The zero-order valence-electron chi connectivity index (χ0n) is 16.2. The van der Waals surface area contributed by atoms with Crippen LogP contribution in [0.4, 0.5) is 5.69 Å². The lowest BCUT2D eigenvalue weighted by molar-refractivity contribution is -0.120. The van der Waals surface area contributed by atoms with Crippen molar-refractivity contribution in [1.29, 1.82) is 0 Å². The molecule has 4 rings (SSSR count). The van der Waals surface area contributed by atoms with Gasteiger partial charge >= 0.3 is 0 Å². The number of carbonyl (C=O) groups is 1. The topological polar surface area (TPSA) is 112 Å². The van der Waals surface area contributed by atoms with E-state index in [1.165, 1.54) is 10.6 Å². The highest BCUT2D eigenvalue weighted by molar-refractivity contribution is 7.88. The normalized spacial score (nSPS) is 15.9. The van der Waals surface area contributed by atoms with Crippen LogP contribution in [0.2, 0.25) is 0 Å². The molecule has 0 aliphatic carbocycles. The second kappa shape index (κ2) is 8.37. The van der Waals surface area contributed by atoms with Gasteiger partial charge in [-0.3, -0.25) is 9.59 Å². The van der Waals surface area contributed by atoms with E-state index >= 15 is 0 Å². The summed E-state index contributed by atoms with van der Waals surface area (Å²) in [6.45, 7) is 0.628. The van der Waals surface area contributed by atoms with Crippen molar-refractivity contribution >= 4 is 32.5 Å². The summed E-state index contributed by atoms with van der Waals surface area (Å²) in [5.41, 5.74) is 1.55. The SMILES string of the molecule is O=C(Nc1ccc2nc[nH]c(=O)c2c1)C1CCN(S(=O)(=O)Cc2ccccc2)CC1. The maximum absolute atomic E-state index is 12.7. The van der Waals surface area contributed by atoms with Crippen LogP contribution in [0, 0.1) is 5.92 Å². The summed E-state index contributed by atoms with van der Waals surface area (Å²) in [4.78, 5) is 31.2. The quantitative estimate of drug-likeness (QED) is 0.649. The molecule has 0 unspecified atom stereocenters. The molecule has 1 fully saturated rings. The van der Waals surface area contributed by atoms with Gasteiger partial charge in [0.2, 0.25) is 15.9 Å². The van der Waals surface area contributed by atoms with E-state index in [-0.39, 0.29) is 23.1 Å². The highest BCUT2D eigenvalue weighted by Crippen LogP contribution is 2.23. The first-order valence-electron chi connectivity index (χ1n) is 9.72. The van der Waals surface area contributed by atoms with E-state index < -0.39 is 10.0 Å². The fraction of sp³-hybridized carbons (Fsp3) is 0.286. The van der Waals surface area contributed by atoms with E-state index in [4.69, 9.17) is 0 Å². The summed E-state index contributed by atoms with van der Waals surface area (Å²) in [5.74, 6) is -0.490. The molecule has 0 saturated carbocycles. The minimum absolute atomic E-state index is 0.0373. The maximum Gasteiger partial charge on any atom is 0.258 e. The second-order valence-electron chi connectivity index (χ2n) is 7.37. The molecule has 1 aliphatic heterocycles. The predicted molar refractivity (Wildman–Crippen MR) is 114 cm³/mol. The Morgan fingerprint density at radius 3 is 2.60 bits per heavy atom. The van der Waals surface area contributed by atoms with E-state index in [1.807, 2.05) is 18.2 Å². The van der Waals surface area contributed by atoms with E-state index in [1.54, 1.807) is 30.3 Å². The van der Waals surface area contributed by atoms with Crippen LogP contribution < -0.4 is 10.9 Å². The van der Waals surface area contributed by atoms with Gasteiger partial charge in [0.25, 0.3) is 5.56 Å². The molecule has 2 N–H and O–H groups in total. The first kappa shape index (κ1) is 20.2. The Morgan fingerprint density at radius 1 is 1.13 bits per heavy atom. The Bertz CT molecular complexity index is 1220. The van der Waals surface area contributed by atoms with Gasteiger partial charge in [0.1, 0.15) is 0 Å². The van der Waals surface area contributed by atoms with Crippen molar-refractivity contribution in [2.24, 2.45) is 5.92 Å². The number of H-pyrrole nitrogens is 1. The maximum atomic E-state index is 12.7. The molecule has 0 atom stereocenters. The number of hydrogen-bond acceptors (Lipinski definition) is 5. The third-order valence-electron chi connectivity index (χ3n) is 5.32. The molecule has 1 aromatic heterocycles. The standard InChI is InChI=1S/C21H22N4O4S/c26-20(24-17-6-7-19-18(12-17)21(27)23-14-22-19)16-8-10-25(11-9-16)30(28,29)13-15-4-2-1-3-5-15/h1-7,12,14,16H,8-11,13H2,(H,24,26)(H,22,23,27). The summed E-state index contributed by atoms with van der Waals surface area (Å²) in [5, 5.41) is 3.24. The van der Waals surface area contributed by atoms with E-state index in [9.17, 15) is 18.0 Å². The minimum Gasteiger partial charge on any atom is -0.326 e. The number of piperidine rings is 1. The van der Waals surface area contributed by atoms with E-state index in [2.05, 4.69) is 15.3 Å². The van der Waals surface area contributed by atoms with Crippen molar-refractivity contribution in [2.45, 2.75) is 18.6 Å². The van der Waals surface area contributed by atoms with Crippen molar-refractivity contribution in [3.8, 4) is 0 Å². The third-order valence-corrected chi connectivity index (χ3v) is 7.17. The molecule has 1 saturated heterocycles. The molecule has 2 heterocycles. The van der Waals surface area contributed by atoms with Crippen molar-refractivity contribution in [2.75, 3.05) is 18.4 Å². The monoisotopic (exact) mass is 426 g/mol. The van der Waals surface area contributed by atoms with Crippen molar-refractivity contribution in [3.05, 3.63) is 70.8 Å². The highest BCUT2D eigenvalue weighted by atomic mass is 32.2. The molecule has 9 heteroatoms. The molecule has 1 amide bonds. The molecule has 0 spiro atoms. The van der Waals surface area contributed by atoms with E-state index in [0.717, 1.165) is 5.56 Å². The fourth-order valence-corrected chi connectivity index (χ4v) is 5.23. The van der Waals surface area contributed by atoms with Gasteiger partial charge in [-0.25, -0.2) is 17.7 Å². The fourth-order valence-electron chi connectivity index (χ4n) is 3.66. The molecule has 0 radical (unpaired) electrons. The van der Waals surface area contributed by atoms with Gasteiger partial charge in [-0.15, -0.1) is 0 Å². The summed E-state index contributed by atoms with van der Waals surface area (Å²) in [6, 6.07) is 14.0. The Hall–Kier alpha value is -3.04. The number of sulfonamides is 1. The van der Waals surface area contributed by atoms with Crippen molar-refractivity contribution in [1.82, 2.24) is 14.3 Å². The number of aromatic amines is 1. The van der Waals surface area contributed by atoms with Crippen molar-refractivity contribution in [3.63, 3.8) is 0 Å². The first-order chi connectivity index (χ1) is 14.4. The molecule has 1 aliphatic rings. The highest BCUT2D eigenvalue weighted by Gasteiger charge is 2.31. The van der Waals surface area contributed by atoms with Crippen LogP contribution in [0.1, 0.15) is 18.4 Å². The van der Waals surface area contributed by atoms with Gasteiger partial charge < -0.3 is 10.3 Å². The summed E-state index contributed by atoms with van der Waals surface area (Å²) in [6.07, 6.45) is 2.24. The van der Waals surface area contributed by atoms with Crippen LogP contribution in [0.3, 0.4) is 0 Å². The zero-order chi connectivity index (χ0) is 21.1. The molecule has 30 heavy (non-hydrogen) atoms. The molecular weight excluding hydrogens is 404 g/mol. The molecule has 3 aromatic rings. The molecule has 156 valence electrons. The Morgan fingerprint density at radius 2 is 1.87 bits per heavy atom. The number of rotatable bonds is 5. The summed E-state index contributed by atoms with van der Waals surface area (Å²) >= 11 is 0. The van der Waals surface area contributed by atoms with Crippen LogP contribution in [0.5, 0.6) is 0 Å². The summed E-state index contributed by atoms with van der Waals surface area (Å²) < 4.78 is 26.8.